The molecule has 1 aliphatic rings. The predicted molar refractivity (Wildman–Crippen MR) is 139 cm³/mol. The number of nitrogens with one attached hydrogen (secondary N) is 1. The highest BCUT2D eigenvalue weighted by Gasteiger charge is 2.33. The van der Waals surface area contributed by atoms with Crippen molar-refractivity contribution in [1.82, 2.24) is 14.3 Å². The molecule has 2 heterocycles. The second-order valence-corrected chi connectivity index (χ2v) is 11.3. The Balaban J connectivity index is 1.66. The van der Waals surface area contributed by atoms with E-state index in [4.69, 9.17) is 15.2 Å². The van der Waals surface area contributed by atoms with E-state index in [1.54, 1.807) is 26.0 Å². The molecule has 13 heteroatoms. The number of alkyl halides is 3. The van der Waals surface area contributed by atoms with Gasteiger partial charge in [0.05, 0.1) is 36.5 Å². The number of benzene rings is 2. The molecular formula is C25H30F3N5O4S. The number of fused-ring (bicyclic) bond motifs is 1. The Bertz CT molecular complexity index is 1450. The molecule has 2 atom stereocenters. The number of nitrogen functional groups attached to an aromatic ring is 1. The van der Waals surface area contributed by atoms with Gasteiger partial charge in [-0.2, -0.15) is 17.5 Å². The minimum atomic E-state index is -4.53. The first-order valence-electron chi connectivity index (χ1n) is 12.0. The lowest BCUT2D eigenvalue weighted by Crippen LogP contribution is -2.38. The van der Waals surface area contributed by atoms with E-state index in [9.17, 15) is 21.6 Å². The van der Waals surface area contributed by atoms with Crippen LogP contribution >= 0.6 is 0 Å². The molecule has 0 bridgehead atoms. The number of sulfonamides is 1. The van der Waals surface area contributed by atoms with Crippen LogP contribution in [0.3, 0.4) is 0 Å². The minimum Gasteiger partial charge on any atom is -0.493 e. The van der Waals surface area contributed by atoms with Crippen LogP contribution in [0.5, 0.6) is 11.5 Å². The maximum absolute atomic E-state index is 13.3. The summed E-state index contributed by atoms with van der Waals surface area (Å²) in [6.45, 7) is 3.98. The zero-order valence-electron chi connectivity index (χ0n) is 21.5. The third-order valence-electron chi connectivity index (χ3n) is 6.43. The molecule has 1 aliphatic heterocycles. The molecule has 1 aromatic heterocycles. The van der Waals surface area contributed by atoms with Gasteiger partial charge >= 0.3 is 6.18 Å². The molecule has 9 nitrogen and oxygen atoms in total. The van der Waals surface area contributed by atoms with Gasteiger partial charge < -0.3 is 20.5 Å². The van der Waals surface area contributed by atoms with Gasteiger partial charge in [0.2, 0.25) is 10.0 Å². The first-order valence-corrected chi connectivity index (χ1v) is 13.8. The molecule has 3 aromatic rings. The molecule has 2 aromatic carbocycles. The summed E-state index contributed by atoms with van der Waals surface area (Å²) < 4.78 is 77.1. The van der Waals surface area contributed by atoms with Gasteiger partial charge in [0.15, 0.2) is 11.5 Å². The van der Waals surface area contributed by atoms with Crippen LogP contribution in [0, 0.1) is 6.92 Å². The number of ether oxygens (including phenoxy) is 2. The first-order chi connectivity index (χ1) is 17.8. The van der Waals surface area contributed by atoms with E-state index < -0.39 is 27.8 Å². The molecule has 0 saturated carbocycles. The van der Waals surface area contributed by atoms with Crippen molar-refractivity contribution in [3.8, 4) is 11.5 Å². The van der Waals surface area contributed by atoms with Crippen LogP contribution in [0.25, 0.3) is 10.9 Å². The summed E-state index contributed by atoms with van der Waals surface area (Å²) in [5.41, 5.74) is 5.80. The lowest BCUT2D eigenvalue weighted by Gasteiger charge is -2.23. The highest BCUT2D eigenvalue weighted by Crippen LogP contribution is 2.37. The average Bonchev–Trinajstić information content (AvgIpc) is 3.30. The highest BCUT2D eigenvalue weighted by molar-refractivity contribution is 7.88. The van der Waals surface area contributed by atoms with E-state index in [-0.39, 0.29) is 18.3 Å². The van der Waals surface area contributed by atoms with Crippen molar-refractivity contribution in [2.45, 2.75) is 44.9 Å². The number of anilines is 2. The lowest BCUT2D eigenvalue weighted by molar-refractivity contribution is -0.137. The van der Waals surface area contributed by atoms with Crippen molar-refractivity contribution >= 4 is 32.4 Å². The van der Waals surface area contributed by atoms with Crippen LogP contribution in [0.4, 0.5) is 24.7 Å². The molecule has 1 unspecified atom stereocenters. The van der Waals surface area contributed by atoms with Crippen LogP contribution in [-0.4, -0.2) is 55.3 Å². The lowest BCUT2D eigenvalue weighted by atomic mass is 10.0. The van der Waals surface area contributed by atoms with Gasteiger partial charge in [-0.3, -0.25) is 0 Å². The molecule has 0 spiro atoms. The van der Waals surface area contributed by atoms with Crippen LogP contribution in [-0.2, 0) is 16.2 Å². The van der Waals surface area contributed by atoms with E-state index in [2.05, 4.69) is 15.3 Å². The van der Waals surface area contributed by atoms with Crippen molar-refractivity contribution in [2.24, 2.45) is 0 Å². The van der Waals surface area contributed by atoms with Gasteiger partial charge in [0, 0.05) is 23.7 Å². The summed E-state index contributed by atoms with van der Waals surface area (Å²) in [6.07, 6.45) is -1.93. The molecule has 1 saturated heterocycles. The first kappa shape index (κ1) is 27.7. The van der Waals surface area contributed by atoms with Crippen LogP contribution < -0.4 is 20.5 Å². The van der Waals surface area contributed by atoms with Crippen molar-refractivity contribution in [3.05, 3.63) is 47.3 Å². The zero-order chi connectivity index (χ0) is 27.8. The van der Waals surface area contributed by atoms with Crippen molar-refractivity contribution in [3.63, 3.8) is 0 Å². The van der Waals surface area contributed by atoms with Gasteiger partial charge in [-0.25, -0.2) is 18.4 Å². The smallest absolute Gasteiger partial charge is 0.416 e. The molecule has 206 valence electrons. The summed E-state index contributed by atoms with van der Waals surface area (Å²) >= 11 is 0. The number of nitrogens with zero attached hydrogens (tertiary/aromatic N) is 3. The number of halogens is 3. The third kappa shape index (κ3) is 6.04. The quantitative estimate of drug-likeness (QED) is 0.391. The summed E-state index contributed by atoms with van der Waals surface area (Å²) in [5.74, 6) is 1.61. The van der Waals surface area contributed by atoms with Gasteiger partial charge in [0.1, 0.15) is 18.2 Å². The Labute approximate surface area is 219 Å². The maximum atomic E-state index is 13.3. The Hall–Kier alpha value is -3.32. The van der Waals surface area contributed by atoms with Gasteiger partial charge in [-0.05, 0) is 56.5 Å². The fraction of sp³-hybridized carbons (Fsp3) is 0.440. The van der Waals surface area contributed by atoms with E-state index in [0.717, 1.165) is 18.6 Å². The number of rotatable bonds is 8. The number of aromatic nitrogens is 2. The second-order valence-electron chi connectivity index (χ2n) is 9.37. The standard InChI is InChI=1S/C25H30F3N5O4S/c1-14(16-8-17(25(26,27)28)10-18(29)9-16)30-24-20-11-23(22(36-3)12-21(20)31-15(2)32-24)37-13-19-6-5-7-33(19)38(4,34)35/h8-12,14,19H,5-7,13,29H2,1-4H3,(H,30,31,32)/t14-,19?/m1/s1. The van der Waals surface area contributed by atoms with E-state index in [1.165, 1.54) is 23.7 Å². The summed E-state index contributed by atoms with van der Waals surface area (Å²) in [6, 6.07) is 5.91. The van der Waals surface area contributed by atoms with E-state index in [0.29, 0.717) is 52.6 Å². The Morgan fingerprint density at radius 2 is 1.92 bits per heavy atom. The largest absolute Gasteiger partial charge is 0.493 e. The Morgan fingerprint density at radius 3 is 2.58 bits per heavy atom. The minimum absolute atomic E-state index is 0.00248. The maximum Gasteiger partial charge on any atom is 0.416 e. The Morgan fingerprint density at radius 1 is 1.18 bits per heavy atom. The number of nitrogens with two attached hydrogens (primary N) is 1. The number of methoxy groups -OCH3 is 1. The molecule has 38 heavy (non-hydrogen) atoms. The van der Waals surface area contributed by atoms with Gasteiger partial charge in [0.25, 0.3) is 0 Å². The van der Waals surface area contributed by atoms with Crippen LogP contribution in [0.15, 0.2) is 30.3 Å². The topological polar surface area (TPSA) is 120 Å². The number of aryl methyl sites for hydroxylation is 1. The molecular weight excluding hydrogens is 523 g/mol. The van der Waals surface area contributed by atoms with Gasteiger partial charge in [-0.15, -0.1) is 0 Å². The molecule has 0 radical (unpaired) electrons. The van der Waals surface area contributed by atoms with Crippen LogP contribution in [0.1, 0.15) is 42.8 Å². The van der Waals surface area contributed by atoms with Gasteiger partial charge in [-0.1, -0.05) is 0 Å². The average molecular weight is 554 g/mol. The monoisotopic (exact) mass is 553 g/mol. The van der Waals surface area contributed by atoms with Crippen molar-refractivity contribution in [1.29, 1.82) is 0 Å². The second kappa shape index (κ2) is 10.4. The summed E-state index contributed by atoms with van der Waals surface area (Å²) in [7, 11) is -1.87. The molecule has 4 rings (SSSR count). The Kier molecular flexibility index (Phi) is 7.62. The van der Waals surface area contributed by atoms with Crippen molar-refractivity contribution < 1.29 is 31.1 Å². The molecule has 3 N–H and O–H groups in total. The fourth-order valence-corrected chi connectivity index (χ4v) is 5.78. The molecule has 0 amide bonds. The summed E-state index contributed by atoms with van der Waals surface area (Å²) in [4.78, 5) is 8.94. The number of hydrogen-bond acceptors (Lipinski definition) is 8. The van der Waals surface area contributed by atoms with E-state index in [1.807, 2.05) is 0 Å². The van der Waals surface area contributed by atoms with Crippen molar-refractivity contribution in [2.75, 3.05) is 37.6 Å². The highest BCUT2D eigenvalue weighted by atomic mass is 32.2. The summed E-state index contributed by atoms with van der Waals surface area (Å²) in [5, 5.41) is 3.74. The van der Waals surface area contributed by atoms with E-state index >= 15 is 0 Å². The SMILES string of the molecule is COc1cc2nc(C)nc(N[C@H](C)c3cc(N)cc(C(F)(F)F)c3)c2cc1OCC1CCCN1S(C)(=O)=O. The number of hydrogen-bond donors (Lipinski definition) is 2. The molecule has 0 aliphatic carbocycles. The molecule has 1 fully saturated rings. The fourth-order valence-electron chi connectivity index (χ4n) is 4.61. The normalized spacial score (nSPS) is 17.5. The zero-order valence-corrected chi connectivity index (χ0v) is 22.3. The third-order valence-corrected chi connectivity index (χ3v) is 7.76. The van der Waals surface area contributed by atoms with Crippen LogP contribution in [0.2, 0.25) is 0 Å². The predicted octanol–water partition coefficient (Wildman–Crippen LogP) is 4.52.